The van der Waals surface area contributed by atoms with Crippen molar-refractivity contribution in [3.8, 4) is 5.75 Å². The number of hydrogen-bond donors (Lipinski definition) is 2. The van der Waals surface area contributed by atoms with Crippen molar-refractivity contribution in [2.45, 2.75) is 44.3 Å². The van der Waals surface area contributed by atoms with Crippen LogP contribution in [0.3, 0.4) is 0 Å². The molecule has 4 aliphatic carbocycles. The summed E-state index contributed by atoms with van der Waals surface area (Å²) in [4.78, 5) is 7.47. The first-order chi connectivity index (χ1) is 14.8. The van der Waals surface area contributed by atoms with Crippen molar-refractivity contribution in [1.82, 2.24) is 9.97 Å². The molecule has 0 radical (unpaired) electrons. The molecule has 2 aromatic rings. The molecule has 5 nitrogen and oxygen atoms in total. The van der Waals surface area contributed by atoms with E-state index in [-0.39, 0.29) is 5.95 Å². The van der Waals surface area contributed by atoms with Crippen molar-refractivity contribution in [3.63, 3.8) is 0 Å². The Morgan fingerprint density at radius 1 is 1.06 bits per heavy atom. The van der Waals surface area contributed by atoms with E-state index in [0.29, 0.717) is 23.7 Å². The van der Waals surface area contributed by atoms with Crippen molar-refractivity contribution in [2.75, 3.05) is 17.7 Å². The summed E-state index contributed by atoms with van der Waals surface area (Å²) < 4.78 is 44.1. The molecule has 1 heterocycles. The van der Waals surface area contributed by atoms with Crippen molar-refractivity contribution in [1.29, 1.82) is 0 Å². The summed E-state index contributed by atoms with van der Waals surface area (Å²) in [5.74, 6) is 3.83. The van der Waals surface area contributed by atoms with Crippen molar-refractivity contribution < 1.29 is 17.9 Å². The van der Waals surface area contributed by atoms with Crippen LogP contribution in [-0.2, 0) is 6.18 Å². The molecule has 2 N–H and O–H groups in total. The summed E-state index contributed by atoms with van der Waals surface area (Å²) in [6.07, 6.45) is 2.80. The molecule has 0 atom stereocenters. The number of nitrogens with zero attached hydrogens (tertiary/aromatic N) is 2. The Morgan fingerprint density at radius 2 is 1.74 bits per heavy atom. The highest BCUT2D eigenvalue weighted by atomic mass is 35.5. The number of anilines is 3. The quantitative estimate of drug-likeness (QED) is 0.534. The smallest absolute Gasteiger partial charge is 0.420 e. The van der Waals surface area contributed by atoms with Crippen LogP contribution in [0.25, 0.3) is 0 Å². The minimum atomic E-state index is -4.60. The number of benzene rings is 1. The number of rotatable bonds is 5. The van der Waals surface area contributed by atoms with E-state index >= 15 is 0 Å². The largest absolute Gasteiger partial charge is 0.494 e. The van der Waals surface area contributed by atoms with E-state index in [2.05, 4.69) is 20.6 Å². The van der Waals surface area contributed by atoms with Crippen LogP contribution in [0.4, 0.5) is 30.5 Å². The molecule has 4 aliphatic rings. The molecule has 0 saturated heterocycles. The fourth-order valence-corrected chi connectivity index (χ4v) is 6.21. The predicted octanol–water partition coefficient (Wildman–Crippen LogP) is 6.14. The van der Waals surface area contributed by atoms with E-state index in [1.807, 2.05) is 18.2 Å². The number of nitrogens with one attached hydrogen (secondary N) is 2. The second-order valence-electron chi connectivity index (χ2n) is 9.04. The molecule has 0 aliphatic heterocycles. The highest BCUT2D eigenvalue weighted by molar-refractivity contribution is 6.30. The standard InChI is InChI=1S/C22H24ClF3N4O/c1-31-18-9-15(28-19-13-5-11-4-12(7-13)8-14(19)6-11)2-3-17(18)29-21-27-10-16(20(23)30-21)22(24,25)26/h2-3,9-14,19,28H,4-8H2,1H3,(H,27,29,30). The summed E-state index contributed by atoms with van der Waals surface area (Å²) in [6, 6.07) is 6.15. The second-order valence-corrected chi connectivity index (χ2v) is 9.39. The van der Waals surface area contributed by atoms with Crippen LogP contribution in [0.1, 0.15) is 37.7 Å². The van der Waals surface area contributed by atoms with Gasteiger partial charge in [-0.3, -0.25) is 0 Å². The molecule has 31 heavy (non-hydrogen) atoms. The number of alkyl halides is 3. The van der Waals surface area contributed by atoms with Gasteiger partial charge < -0.3 is 15.4 Å². The number of hydrogen-bond acceptors (Lipinski definition) is 5. The minimum absolute atomic E-state index is 0.0296. The average molecular weight is 453 g/mol. The van der Waals surface area contributed by atoms with Gasteiger partial charge in [-0.1, -0.05) is 11.6 Å². The Hall–Kier alpha value is -2.22. The zero-order valence-electron chi connectivity index (χ0n) is 17.0. The molecule has 0 spiro atoms. The monoisotopic (exact) mass is 452 g/mol. The Bertz CT molecular complexity index is 956. The summed E-state index contributed by atoms with van der Waals surface area (Å²) in [6.45, 7) is 0. The summed E-state index contributed by atoms with van der Waals surface area (Å²) in [7, 11) is 1.55. The van der Waals surface area contributed by atoms with Crippen LogP contribution in [0.15, 0.2) is 24.4 Å². The number of ether oxygens (including phenoxy) is 1. The Morgan fingerprint density at radius 3 is 2.32 bits per heavy atom. The van der Waals surface area contributed by atoms with Crippen LogP contribution in [0, 0.1) is 23.7 Å². The lowest BCUT2D eigenvalue weighted by Crippen LogP contribution is -2.51. The highest BCUT2D eigenvalue weighted by Gasteiger charge is 2.48. The normalized spacial score (nSPS) is 29.1. The van der Waals surface area contributed by atoms with Crippen molar-refractivity contribution in [2.24, 2.45) is 23.7 Å². The molecule has 4 fully saturated rings. The third-order valence-electron chi connectivity index (χ3n) is 7.06. The molecule has 1 aromatic carbocycles. The fourth-order valence-electron chi connectivity index (χ4n) is 5.97. The second kappa shape index (κ2) is 7.73. The van der Waals surface area contributed by atoms with Gasteiger partial charge >= 0.3 is 6.18 Å². The Balaban J connectivity index is 1.32. The lowest BCUT2D eigenvalue weighted by atomic mass is 9.54. The maximum absolute atomic E-state index is 12.9. The summed E-state index contributed by atoms with van der Waals surface area (Å²) in [5.41, 5.74) is 0.460. The van der Waals surface area contributed by atoms with Crippen LogP contribution >= 0.6 is 11.6 Å². The van der Waals surface area contributed by atoms with Crippen LogP contribution < -0.4 is 15.4 Å². The molecule has 9 heteroatoms. The maximum atomic E-state index is 12.9. The SMILES string of the molecule is COc1cc(NC2C3CC4CC(C3)CC2C4)ccc1Nc1ncc(C(F)(F)F)c(Cl)n1. The molecule has 0 unspecified atom stereocenters. The third-order valence-corrected chi connectivity index (χ3v) is 7.34. The first kappa shape index (κ1) is 20.7. The Kier molecular flexibility index (Phi) is 5.15. The van der Waals surface area contributed by atoms with Gasteiger partial charge in [-0.25, -0.2) is 9.97 Å². The van der Waals surface area contributed by atoms with E-state index < -0.39 is 16.9 Å². The van der Waals surface area contributed by atoms with Crippen molar-refractivity contribution >= 4 is 28.9 Å². The first-order valence-corrected chi connectivity index (χ1v) is 11.0. The number of aromatic nitrogens is 2. The van der Waals surface area contributed by atoms with Crippen LogP contribution in [0.5, 0.6) is 5.75 Å². The average Bonchev–Trinajstić information content (AvgIpc) is 2.70. The highest BCUT2D eigenvalue weighted by Crippen LogP contribution is 2.54. The minimum Gasteiger partial charge on any atom is -0.494 e. The van der Waals surface area contributed by atoms with Gasteiger partial charge in [-0.15, -0.1) is 0 Å². The van der Waals surface area contributed by atoms with Crippen LogP contribution in [0.2, 0.25) is 5.15 Å². The van der Waals surface area contributed by atoms with Gasteiger partial charge in [-0.05, 0) is 67.9 Å². The summed E-state index contributed by atoms with van der Waals surface area (Å²) in [5, 5.41) is 5.99. The van der Waals surface area contributed by atoms with Gasteiger partial charge in [0.25, 0.3) is 0 Å². The van der Waals surface area contributed by atoms with Gasteiger partial charge in [-0.2, -0.15) is 13.2 Å². The molecule has 0 amide bonds. The van der Waals surface area contributed by atoms with Crippen LogP contribution in [-0.4, -0.2) is 23.1 Å². The third kappa shape index (κ3) is 4.02. The van der Waals surface area contributed by atoms with E-state index in [0.717, 1.165) is 29.4 Å². The zero-order chi connectivity index (χ0) is 21.8. The molecular weight excluding hydrogens is 429 g/mol. The molecular formula is C22H24ClF3N4O. The molecule has 1 aromatic heterocycles. The predicted molar refractivity (Wildman–Crippen MR) is 113 cm³/mol. The van der Waals surface area contributed by atoms with Gasteiger partial charge in [0.1, 0.15) is 16.5 Å². The summed E-state index contributed by atoms with van der Waals surface area (Å²) >= 11 is 5.70. The number of methoxy groups -OCH3 is 1. The first-order valence-electron chi connectivity index (χ1n) is 10.6. The van der Waals surface area contributed by atoms with Gasteiger partial charge in [0.05, 0.1) is 12.8 Å². The molecule has 4 bridgehead atoms. The van der Waals surface area contributed by atoms with Gasteiger partial charge in [0.15, 0.2) is 0 Å². The van der Waals surface area contributed by atoms with E-state index in [1.54, 1.807) is 7.11 Å². The topological polar surface area (TPSA) is 59.1 Å². The molecule has 6 rings (SSSR count). The van der Waals surface area contributed by atoms with E-state index in [9.17, 15) is 13.2 Å². The lowest BCUT2D eigenvalue weighted by Gasteiger charge is -2.54. The van der Waals surface area contributed by atoms with E-state index in [1.165, 1.54) is 32.1 Å². The fraction of sp³-hybridized carbons (Fsp3) is 0.545. The number of halogens is 4. The molecule has 4 saturated carbocycles. The van der Waals surface area contributed by atoms with E-state index in [4.69, 9.17) is 16.3 Å². The Labute approximate surface area is 183 Å². The van der Waals surface area contributed by atoms with Gasteiger partial charge in [0.2, 0.25) is 5.95 Å². The molecule has 166 valence electrons. The maximum Gasteiger partial charge on any atom is 0.420 e. The van der Waals surface area contributed by atoms with Gasteiger partial charge in [0, 0.05) is 24.0 Å². The zero-order valence-corrected chi connectivity index (χ0v) is 17.8. The lowest BCUT2D eigenvalue weighted by molar-refractivity contribution is -0.137. The van der Waals surface area contributed by atoms with Crippen molar-refractivity contribution in [3.05, 3.63) is 35.1 Å².